The van der Waals surface area contributed by atoms with Crippen LogP contribution in [0.1, 0.15) is 30.5 Å². The Morgan fingerprint density at radius 3 is 2.89 bits per heavy atom. The minimum atomic E-state index is 0.603. The van der Waals surface area contributed by atoms with Crippen LogP contribution in [0.4, 0.5) is 5.82 Å². The van der Waals surface area contributed by atoms with Gasteiger partial charge in [0, 0.05) is 30.8 Å². The van der Waals surface area contributed by atoms with E-state index >= 15 is 0 Å². The Kier molecular flexibility index (Phi) is 3.61. The third-order valence-corrected chi connectivity index (χ3v) is 4.20. The summed E-state index contributed by atoms with van der Waals surface area (Å²) >= 11 is 5.22. The highest BCUT2D eigenvalue weighted by atomic mass is 32.1. The van der Waals surface area contributed by atoms with Crippen molar-refractivity contribution in [3.63, 3.8) is 0 Å². The summed E-state index contributed by atoms with van der Waals surface area (Å²) in [6, 6.07) is 0. The number of H-pyrrole nitrogens is 1. The number of nitrogens with zero attached hydrogens (tertiary/aromatic N) is 1. The van der Waals surface area contributed by atoms with Gasteiger partial charge in [-0.15, -0.1) is 0 Å². The van der Waals surface area contributed by atoms with E-state index in [4.69, 9.17) is 12.2 Å². The summed E-state index contributed by atoms with van der Waals surface area (Å²) in [7, 11) is 0. The fourth-order valence-corrected chi connectivity index (χ4v) is 2.88. The van der Waals surface area contributed by atoms with E-state index in [1.807, 2.05) is 0 Å². The summed E-state index contributed by atoms with van der Waals surface area (Å²) in [6.45, 7) is 3.09. The molecule has 1 aromatic rings. The van der Waals surface area contributed by atoms with Gasteiger partial charge < -0.3 is 15.6 Å². The number of hydrogen-bond acceptors (Lipinski definition) is 4. The lowest BCUT2D eigenvalue weighted by Crippen LogP contribution is -2.22. The van der Waals surface area contributed by atoms with Crippen molar-refractivity contribution in [2.45, 2.75) is 32.1 Å². The first-order valence-corrected chi connectivity index (χ1v) is 7.30. The van der Waals surface area contributed by atoms with Gasteiger partial charge in [-0.3, -0.25) is 0 Å². The Labute approximate surface area is 113 Å². The highest BCUT2D eigenvalue weighted by molar-refractivity contribution is 7.71. The van der Waals surface area contributed by atoms with E-state index < -0.39 is 0 Å². The van der Waals surface area contributed by atoms with Crippen LogP contribution in [0.25, 0.3) is 0 Å². The molecule has 0 amide bonds. The molecule has 2 aliphatic rings. The number of nitrogens with one attached hydrogen (secondary N) is 3. The van der Waals surface area contributed by atoms with E-state index in [1.165, 1.54) is 30.5 Å². The number of aromatic amines is 1. The molecule has 3 N–H and O–H groups in total. The molecule has 2 heterocycles. The van der Waals surface area contributed by atoms with Crippen LogP contribution in [0.5, 0.6) is 0 Å². The van der Waals surface area contributed by atoms with Crippen LogP contribution in [-0.2, 0) is 12.8 Å². The van der Waals surface area contributed by atoms with Gasteiger partial charge in [0.2, 0.25) is 0 Å². The van der Waals surface area contributed by atoms with Gasteiger partial charge in [-0.25, -0.2) is 4.98 Å². The van der Waals surface area contributed by atoms with Crippen molar-refractivity contribution < 1.29 is 0 Å². The van der Waals surface area contributed by atoms with Gasteiger partial charge in [-0.1, -0.05) is 6.42 Å². The fourth-order valence-electron chi connectivity index (χ4n) is 2.66. The lowest BCUT2D eigenvalue weighted by molar-refractivity contribution is 0.333. The number of anilines is 1. The highest BCUT2D eigenvalue weighted by Crippen LogP contribution is 2.27. The van der Waals surface area contributed by atoms with Crippen LogP contribution in [0.3, 0.4) is 0 Å². The number of aromatic nitrogens is 2. The van der Waals surface area contributed by atoms with Crippen LogP contribution in [0.2, 0.25) is 0 Å². The van der Waals surface area contributed by atoms with Crippen LogP contribution in [0, 0.1) is 10.7 Å². The molecule has 0 atom stereocenters. The van der Waals surface area contributed by atoms with Gasteiger partial charge in [0.25, 0.3) is 0 Å². The molecule has 98 valence electrons. The van der Waals surface area contributed by atoms with Gasteiger partial charge >= 0.3 is 0 Å². The summed E-state index contributed by atoms with van der Waals surface area (Å²) in [5.41, 5.74) is 2.59. The third kappa shape index (κ3) is 2.57. The van der Waals surface area contributed by atoms with Gasteiger partial charge in [0.15, 0.2) is 4.77 Å². The predicted octanol–water partition coefficient (Wildman–Crippen LogP) is 2.04. The van der Waals surface area contributed by atoms with E-state index in [9.17, 15) is 0 Å². The van der Waals surface area contributed by atoms with E-state index in [2.05, 4.69) is 20.6 Å². The molecular weight excluding hydrogens is 244 g/mol. The third-order valence-electron chi connectivity index (χ3n) is 4.01. The molecule has 1 fully saturated rings. The van der Waals surface area contributed by atoms with Crippen LogP contribution >= 0.6 is 12.2 Å². The van der Waals surface area contributed by atoms with E-state index in [1.54, 1.807) is 0 Å². The Morgan fingerprint density at radius 2 is 2.11 bits per heavy atom. The molecule has 0 saturated heterocycles. The van der Waals surface area contributed by atoms with Crippen molar-refractivity contribution in [3.8, 4) is 0 Å². The molecule has 0 aromatic carbocycles. The first-order chi connectivity index (χ1) is 8.83. The predicted molar refractivity (Wildman–Crippen MR) is 75.5 cm³/mol. The molecule has 0 bridgehead atoms. The van der Waals surface area contributed by atoms with Gasteiger partial charge in [0.05, 0.1) is 0 Å². The van der Waals surface area contributed by atoms with Gasteiger partial charge in [-0.2, -0.15) is 0 Å². The van der Waals surface area contributed by atoms with Crippen molar-refractivity contribution in [2.24, 2.45) is 5.92 Å². The van der Waals surface area contributed by atoms with Crippen molar-refractivity contribution in [1.29, 1.82) is 0 Å². The first-order valence-electron chi connectivity index (χ1n) is 6.89. The zero-order valence-corrected chi connectivity index (χ0v) is 11.4. The van der Waals surface area contributed by atoms with Crippen LogP contribution in [0.15, 0.2) is 0 Å². The maximum Gasteiger partial charge on any atom is 0.198 e. The summed E-state index contributed by atoms with van der Waals surface area (Å²) in [5, 5.41) is 6.94. The van der Waals surface area contributed by atoms with Crippen molar-refractivity contribution >= 4 is 18.0 Å². The SMILES string of the molecule is S=c1nc(NCC2CCC2)c2c([nH]1)CCNCC2. The standard InChI is InChI=1S/C13H20N4S/c18-13-16-11-5-7-14-6-4-10(11)12(17-13)15-8-9-2-1-3-9/h9,14H,1-8H2,(H2,15,16,17,18). The zero-order valence-electron chi connectivity index (χ0n) is 10.6. The smallest absolute Gasteiger partial charge is 0.198 e. The van der Waals surface area contributed by atoms with Crippen LogP contribution < -0.4 is 10.6 Å². The average Bonchev–Trinajstić information content (AvgIpc) is 2.51. The second kappa shape index (κ2) is 5.36. The van der Waals surface area contributed by atoms with E-state index in [-0.39, 0.29) is 0 Å². The Morgan fingerprint density at radius 1 is 1.28 bits per heavy atom. The molecule has 1 aliphatic heterocycles. The lowest BCUT2D eigenvalue weighted by atomic mass is 9.85. The van der Waals surface area contributed by atoms with Gasteiger partial charge in [0.1, 0.15) is 5.82 Å². The van der Waals surface area contributed by atoms with E-state index in [0.717, 1.165) is 44.2 Å². The Bertz CT molecular complexity index is 478. The lowest BCUT2D eigenvalue weighted by Gasteiger charge is -2.26. The maximum absolute atomic E-state index is 5.22. The maximum atomic E-state index is 5.22. The van der Waals surface area contributed by atoms with E-state index in [0.29, 0.717) is 4.77 Å². The van der Waals surface area contributed by atoms with Crippen molar-refractivity contribution in [2.75, 3.05) is 25.0 Å². The highest BCUT2D eigenvalue weighted by Gasteiger charge is 2.19. The van der Waals surface area contributed by atoms with Crippen molar-refractivity contribution in [3.05, 3.63) is 16.0 Å². The average molecular weight is 264 g/mol. The molecule has 1 aromatic heterocycles. The molecule has 0 spiro atoms. The molecule has 0 unspecified atom stereocenters. The molecule has 1 aliphatic carbocycles. The summed E-state index contributed by atoms with van der Waals surface area (Å²) < 4.78 is 0.603. The first kappa shape index (κ1) is 12.1. The molecule has 18 heavy (non-hydrogen) atoms. The molecule has 1 saturated carbocycles. The number of rotatable bonds is 3. The zero-order chi connectivity index (χ0) is 12.4. The molecular formula is C13H20N4S. The number of hydrogen-bond donors (Lipinski definition) is 3. The molecule has 3 rings (SSSR count). The molecule has 0 radical (unpaired) electrons. The monoisotopic (exact) mass is 264 g/mol. The van der Waals surface area contributed by atoms with Crippen molar-refractivity contribution in [1.82, 2.24) is 15.3 Å². The van der Waals surface area contributed by atoms with Gasteiger partial charge in [-0.05, 0) is 43.9 Å². The second-order valence-corrected chi connectivity index (χ2v) is 5.66. The summed E-state index contributed by atoms with van der Waals surface area (Å²) in [4.78, 5) is 7.73. The normalized spacial score (nSPS) is 19.8. The topological polar surface area (TPSA) is 52.7 Å². The summed E-state index contributed by atoms with van der Waals surface area (Å²) in [6.07, 6.45) is 6.14. The quantitative estimate of drug-likeness (QED) is 0.731. The summed E-state index contributed by atoms with van der Waals surface area (Å²) in [5.74, 6) is 1.86. The Balaban J connectivity index is 1.82. The molecule has 5 heteroatoms. The molecule has 4 nitrogen and oxygen atoms in total. The van der Waals surface area contributed by atoms with Crippen LogP contribution in [-0.4, -0.2) is 29.6 Å². The fraction of sp³-hybridized carbons (Fsp3) is 0.692. The second-order valence-electron chi connectivity index (χ2n) is 5.28. The number of fused-ring (bicyclic) bond motifs is 1. The minimum Gasteiger partial charge on any atom is -0.369 e. The largest absolute Gasteiger partial charge is 0.369 e. The Hall–Kier alpha value is -0.940. The minimum absolute atomic E-state index is 0.603.